The summed E-state index contributed by atoms with van der Waals surface area (Å²) in [6.45, 7) is 10.0. The number of halogens is 1. The average molecular weight is 431 g/mol. The molecule has 0 bridgehead atoms. The van der Waals surface area contributed by atoms with E-state index in [1.165, 1.54) is 0 Å². The van der Waals surface area contributed by atoms with Crippen LogP contribution in [0.4, 0.5) is 0 Å². The summed E-state index contributed by atoms with van der Waals surface area (Å²) >= 11 is 0. The molecule has 5 nitrogen and oxygen atoms in total. The second-order valence-corrected chi connectivity index (χ2v) is 6.78. The fraction of sp³-hybridized carbons (Fsp3) is 0.375. The van der Waals surface area contributed by atoms with Gasteiger partial charge in [0.2, 0.25) is 0 Å². The Kier molecular flexibility index (Phi) is 9.21. The highest BCUT2D eigenvalue weighted by atomic mass is 35.5. The van der Waals surface area contributed by atoms with Gasteiger partial charge in [0.15, 0.2) is 0 Å². The van der Waals surface area contributed by atoms with Crippen LogP contribution in [0.15, 0.2) is 53.1 Å². The van der Waals surface area contributed by atoms with Crippen molar-refractivity contribution in [2.45, 2.75) is 27.2 Å². The molecule has 0 atom stereocenters. The molecular formula is C24H31ClN2O3. The van der Waals surface area contributed by atoms with Crippen LogP contribution >= 0.6 is 12.4 Å². The number of methoxy groups -OCH3 is 1. The van der Waals surface area contributed by atoms with Crippen LogP contribution in [0.5, 0.6) is 11.5 Å². The molecule has 0 saturated heterocycles. The number of likely N-dealkylation sites (N-methyl/N-ethyl adjacent to an activating group) is 1. The van der Waals surface area contributed by atoms with Gasteiger partial charge in [-0.2, -0.15) is 0 Å². The molecule has 0 aliphatic heterocycles. The number of aromatic nitrogens is 1. The Hall–Kier alpha value is -2.50. The van der Waals surface area contributed by atoms with Gasteiger partial charge in [0, 0.05) is 24.1 Å². The molecular weight excluding hydrogens is 400 g/mol. The van der Waals surface area contributed by atoms with Gasteiger partial charge in [-0.25, -0.2) is 0 Å². The molecule has 0 unspecified atom stereocenters. The summed E-state index contributed by atoms with van der Waals surface area (Å²) in [7, 11) is 1.66. The topological polar surface area (TPSA) is 47.7 Å². The van der Waals surface area contributed by atoms with E-state index in [1.54, 1.807) is 7.11 Å². The lowest BCUT2D eigenvalue weighted by atomic mass is 9.97. The molecule has 6 heteroatoms. The minimum Gasteiger partial charge on any atom is -0.497 e. The molecule has 0 fully saturated rings. The smallest absolute Gasteiger partial charge is 0.145 e. The van der Waals surface area contributed by atoms with Gasteiger partial charge in [0.25, 0.3) is 0 Å². The number of benzene rings is 2. The van der Waals surface area contributed by atoms with Gasteiger partial charge >= 0.3 is 0 Å². The molecule has 0 N–H and O–H groups in total. The van der Waals surface area contributed by atoms with Crippen LogP contribution in [0.2, 0.25) is 0 Å². The first-order valence-corrected chi connectivity index (χ1v) is 10.3. The number of hydrogen-bond acceptors (Lipinski definition) is 5. The van der Waals surface area contributed by atoms with Crippen molar-refractivity contribution in [3.8, 4) is 33.9 Å². The first-order chi connectivity index (χ1) is 14.2. The summed E-state index contributed by atoms with van der Waals surface area (Å²) in [5.74, 6) is 2.53. The van der Waals surface area contributed by atoms with Gasteiger partial charge in [0.1, 0.15) is 29.6 Å². The Bertz CT molecular complexity index is 905. The van der Waals surface area contributed by atoms with Crippen LogP contribution in [0, 0.1) is 0 Å². The molecule has 162 valence electrons. The highest BCUT2D eigenvalue weighted by Crippen LogP contribution is 2.40. The predicted octanol–water partition coefficient (Wildman–Crippen LogP) is 5.72. The van der Waals surface area contributed by atoms with Crippen LogP contribution in [-0.4, -0.2) is 43.4 Å². The third kappa shape index (κ3) is 5.35. The van der Waals surface area contributed by atoms with Crippen molar-refractivity contribution in [1.29, 1.82) is 0 Å². The Balaban J connectivity index is 0.00000320. The second-order valence-electron chi connectivity index (χ2n) is 6.78. The van der Waals surface area contributed by atoms with Crippen molar-refractivity contribution < 1.29 is 14.0 Å². The van der Waals surface area contributed by atoms with Crippen LogP contribution in [0.1, 0.15) is 26.5 Å². The monoisotopic (exact) mass is 430 g/mol. The number of aryl methyl sites for hydroxylation is 1. The Labute approximate surface area is 185 Å². The SMILES string of the molecule is CCc1onc(-c2ccc(OC)cc2)c1-c1ccccc1OCCN(CC)CC.Cl. The third-order valence-electron chi connectivity index (χ3n) is 5.16. The largest absolute Gasteiger partial charge is 0.497 e. The van der Waals surface area contributed by atoms with Crippen molar-refractivity contribution in [3.05, 3.63) is 54.3 Å². The van der Waals surface area contributed by atoms with Crippen LogP contribution in [0.3, 0.4) is 0 Å². The van der Waals surface area contributed by atoms with Gasteiger partial charge in [-0.3, -0.25) is 0 Å². The predicted molar refractivity (Wildman–Crippen MR) is 124 cm³/mol. The van der Waals surface area contributed by atoms with Gasteiger partial charge in [-0.05, 0) is 43.4 Å². The Morgan fingerprint density at radius 3 is 2.30 bits per heavy atom. The van der Waals surface area contributed by atoms with Crippen LogP contribution in [-0.2, 0) is 6.42 Å². The van der Waals surface area contributed by atoms with Crippen molar-refractivity contribution in [2.24, 2.45) is 0 Å². The molecule has 0 aliphatic carbocycles. The van der Waals surface area contributed by atoms with E-state index in [9.17, 15) is 0 Å². The first kappa shape index (κ1) is 23.8. The number of hydrogen-bond donors (Lipinski definition) is 0. The van der Waals surface area contributed by atoms with Crippen LogP contribution in [0.25, 0.3) is 22.4 Å². The number of para-hydroxylation sites is 1. The minimum absolute atomic E-state index is 0. The van der Waals surface area contributed by atoms with Gasteiger partial charge in [-0.1, -0.05) is 44.1 Å². The third-order valence-corrected chi connectivity index (χ3v) is 5.16. The summed E-state index contributed by atoms with van der Waals surface area (Å²) in [5.41, 5.74) is 3.82. The van der Waals surface area contributed by atoms with Crippen molar-refractivity contribution in [2.75, 3.05) is 33.4 Å². The van der Waals surface area contributed by atoms with Gasteiger partial charge in [-0.15, -0.1) is 12.4 Å². The number of ether oxygens (including phenoxy) is 2. The number of nitrogens with zero attached hydrogens (tertiary/aromatic N) is 2. The zero-order chi connectivity index (χ0) is 20.6. The van der Waals surface area contributed by atoms with Crippen LogP contribution < -0.4 is 9.47 Å². The lowest BCUT2D eigenvalue weighted by Crippen LogP contribution is -2.27. The van der Waals surface area contributed by atoms with Gasteiger partial charge < -0.3 is 18.9 Å². The highest BCUT2D eigenvalue weighted by molar-refractivity contribution is 5.85. The molecule has 0 radical (unpaired) electrons. The van der Waals surface area contributed by atoms with E-state index >= 15 is 0 Å². The Morgan fingerprint density at radius 1 is 0.967 bits per heavy atom. The van der Waals surface area contributed by atoms with E-state index in [0.717, 1.165) is 65.7 Å². The molecule has 3 rings (SSSR count). The van der Waals surface area contributed by atoms with E-state index in [4.69, 9.17) is 14.0 Å². The lowest BCUT2D eigenvalue weighted by Gasteiger charge is -2.19. The molecule has 1 heterocycles. The first-order valence-electron chi connectivity index (χ1n) is 10.3. The molecule has 0 spiro atoms. The minimum atomic E-state index is 0. The van der Waals surface area contributed by atoms with E-state index in [0.29, 0.717) is 6.61 Å². The second kappa shape index (κ2) is 11.6. The fourth-order valence-electron chi connectivity index (χ4n) is 3.41. The van der Waals surface area contributed by atoms with Crippen molar-refractivity contribution in [3.63, 3.8) is 0 Å². The highest BCUT2D eigenvalue weighted by Gasteiger charge is 2.21. The Morgan fingerprint density at radius 2 is 1.67 bits per heavy atom. The normalized spacial score (nSPS) is 10.7. The van der Waals surface area contributed by atoms with Crippen molar-refractivity contribution in [1.82, 2.24) is 10.1 Å². The van der Waals surface area contributed by atoms with Crippen molar-refractivity contribution >= 4 is 12.4 Å². The summed E-state index contributed by atoms with van der Waals surface area (Å²) in [4.78, 5) is 2.35. The average Bonchev–Trinajstić information content (AvgIpc) is 3.21. The summed E-state index contributed by atoms with van der Waals surface area (Å²) in [5, 5.41) is 4.39. The summed E-state index contributed by atoms with van der Waals surface area (Å²) < 4.78 is 17.2. The molecule has 30 heavy (non-hydrogen) atoms. The molecule has 2 aromatic carbocycles. The maximum atomic E-state index is 6.19. The molecule has 0 amide bonds. The molecule has 1 aromatic heterocycles. The zero-order valence-electron chi connectivity index (χ0n) is 18.2. The lowest BCUT2D eigenvalue weighted by molar-refractivity contribution is 0.223. The van der Waals surface area contributed by atoms with Gasteiger partial charge in [0.05, 0.1) is 12.7 Å². The summed E-state index contributed by atoms with van der Waals surface area (Å²) in [6.07, 6.45) is 0.756. The molecule has 0 aliphatic rings. The molecule has 3 aromatic rings. The van der Waals surface area contributed by atoms with E-state index < -0.39 is 0 Å². The number of rotatable bonds is 10. The quantitative estimate of drug-likeness (QED) is 0.411. The molecule has 0 saturated carbocycles. The summed E-state index contributed by atoms with van der Waals surface area (Å²) in [6, 6.07) is 16.0. The van der Waals surface area contributed by atoms with E-state index in [2.05, 4.69) is 36.9 Å². The fourth-order valence-corrected chi connectivity index (χ4v) is 3.41. The van der Waals surface area contributed by atoms with E-state index in [1.807, 2.05) is 42.5 Å². The maximum Gasteiger partial charge on any atom is 0.145 e. The van der Waals surface area contributed by atoms with E-state index in [-0.39, 0.29) is 12.4 Å². The standard InChI is InChI=1S/C24H30N2O3.ClH/c1-5-21-23(24(25-29-21)18-12-14-19(27-4)15-13-18)20-10-8-9-11-22(20)28-17-16-26(6-2)7-3;/h8-15H,5-7,16-17H2,1-4H3;1H. The zero-order valence-corrected chi connectivity index (χ0v) is 19.0. The maximum absolute atomic E-state index is 6.19.